The predicted octanol–water partition coefficient (Wildman–Crippen LogP) is 4.67. The van der Waals surface area contributed by atoms with Crippen molar-refractivity contribution in [3.05, 3.63) is 58.4 Å². The Kier molecular flexibility index (Phi) is 4.18. The molecule has 0 fully saturated rings. The Morgan fingerprint density at radius 3 is 2.50 bits per heavy atom. The van der Waals surface area contributed by atoms with E-state index in [1.54, 1.807) is 25.1 Å². The highest BCUT2D eigenvalue weighted by atomic mass is 35.5. The second kappa shape index (κ2) is 5.71. The fourth-order valence-corrected chi connectivity index (χ4v) is 2.05. The van der Waals surface area contributed by atoms with Gasteiger partial charge in [-0.1, -0.05) is 29.8 Å². The number of benzene rings is 1. The van der Waals surface area contributed by atoms with Gasteiger partial charge in [-0.25, -0.2) is 4.98 Å². The number of hydrogen-bond acceptors (Lipinski definition) is 2. The maximum Gasteiger partial charge on any atom is 0.416 e. The number of pyridine rings is 1. The van der Waals surface area contributed by atoms with Crippen LogP contribution in [0.1, 0.15) is 16.8 Å². The van der Waals surface area contributed by atoms with Gasteiger partial charge in [0.1, 0.15) is 5.15 Å². The van der Waals surface area contributed by atoms with Gasteiger partial charge < -0.3 is 5.32 Å². The van der Waals surface area contributed by atoms with E-state index in [1.165, 1.54) is 12.1 Å². The number of rotatable bonds is 3. The molecule has 0 unspecified atom stereocenters. The molecule has 0 saturated heterocycles. The summed E-state index contributed by atoms with van der Waals surface area (Å²) in [5.74, 6) is 0. The predicted molar refractivity (Wildman–Crippen MR) is 72.8 cm³/mol. The second-order valence-corrected chi connectivity index (χ2v) is 4.66. The molecular formula is C14H12ClF3N2. The van der Waals surface area contributed by atoms with Crippen LogP contribution in [-0.4, -0.2) is 4.98 Å². The van der Waals surface area contributed by atoms with Crippen molar-refractivity contribution in [3.63, 3.8) is 0 Å². The molecule has 0 bridgehead atoms. The molecule has 0 amide bonds. The van der Waals surface area contributed by atoms with Gasteiger partial charge >= 0.3 is 6.18 Å². The minimum absolute atomic E-state index is 0.0693. The Hall–Kier alpha value is -1.75. The molecule has 0 radical (unpaired) electrons. The molecular weight excluding hydrogens is 289 g/mol. The third-order valence-electron chi connectivity index (χ3n) is 2.84. The van der Waals surface area contributed by atoms with Crippen molar-refractivity contribution >= 4 is 17.3 Å². The molecule has 2 aromatic rings. The van der Waals surface area contributed by atoms with E-state index < -0.39 is 11.7 Å². The minimum atomic E-state index is -4.36. The van der Waals surface area contributed by atoms with Crippen molar-refractivity contribution < 1.29 is 13.2 Å². The summed E-state index contributed by atoms with van der Waals surface area (Å²) >= 11 is 5.73. The van der Waals surface area contributed by atoms with Gasteiger partial charge in [0.25, 0.3) is 0 Å². The van der Waals surface area contributed by atoms with Gasteiger partial charge in [0, 0.05) is 6.54 Å². The monoisotopic (exact) mass is 300 g/mol. The Bertz CT molecular complexity index is 612. The number of aromatic nitrogens is 1. The van der Waals surface area contributed by atoms with Crippen LogP contribution in [-0.2, 0) is 12.7 Å². The Balaban J connectivity index is 2.19. The summed E-state index contributed by atoms with van der Waals surface area (Å²) in [6.07, 6.45) is -4.36. The lowest BCUT2D eigenvalue weighted by Gasteiger charge is -2.14. The summed E-state index contributed by atoms with van der Waals surface area (Å²) in [5, 5.41) is 3.30. The minimum Gasteiger partial charge on any atom is -0.379 e. The Morgan fingerprint density at radius 1 is 1.15 bits per heavy atom. The van der Waals surface area contributed by atoms with Crippen LogP contribution in [0.4, 0.5) is 18.9 Å². The summed E-state index contributed by atoms with van der Waals surface area (Å²) in [7, 11) is 0. The molecule has 6 heteroatoms. The summed E-state index contributed by atoms with van der Waals surface area (Å²) in [5.41, 5.74) is 0.856. The summed E-state index contributed by atoms with van der Waals surface area (Å²) in [6, 6.07) is 8.77. The molecule has 1 heterocycles. The van der Waals surface area contributed by atoms with E-state index >= 15 is 0 Å². The number of alkyl halides is 3. The molecule has 20 heavy (non-hydrogen) atoms. The molecule has 0 atom stereocenters. The van der Waals surface area contributed by atoms with Gasteiger partial charge in [-0.15, -0.1) is 0 Å². The van der Waals surface area contributed by atoms with Crippen molar-refractivity contribution in [1.82, 2.24) is 4.98 Å². The summed E-state index contributed by atoms with van der Waals surface area (Å²) in [4.78, 5) is 4.04. The van der Waals surface area contributed by atoms with Crippen LogP contribution in [0.15, 0.2) is 36.4 Å². The molecule has 0 saturated carbocycles. The number of halogens is 4. The Labute approximate surface area is 119 Å². The van der Waals surface area contributed by atoms with Crippen LogP contribution >= 0.6 is 11.6 Å². The van der Waals surface area contributed by atoms with Crippen molar-refractivity contribution in [2.45, 2.75) is 19.6 Å². The van der Waals surface area contributed by atoms with Crippen LogP contribution < -0.4 is 5.32 Å². The first-order chi connectivity index (χ1) is 9.38. The summed E-state index contributed by atoms with van der Waals surface area (Å²) in [6.45, 7) is 1.81. The van der Waals surface area contributed by atoms with E-state index in [0.29, 0.717) is 16.5 Å². The third-order valence-corrected chi connectivity index (χ3v) is 3.05. The lowest BCUT2D eigenvalue weighted by molar-refractivity contribution is -0.138. The third kappa shape index (κ3) is 3.42. The van der Waals surface area contributed by atoms with E-state index in [9.17, 15) is 13.2 Å². The molecule has 0 aliphatic heterocycles. The first-order valence-corrected chi connectivity index (χ1v) is 6.28. The van der Waals surface area contributed by atoms with Crippen molar-refractivity contribution in [3.8, 4) is 0 Å². The Morgan fingerprint density at radius 2 is 1.85 bits per heavy atom. The molecule has 0 spiro atoms. The van der Waals surface area contributed by atoms with Gasteiger partial charge in [0.2, 0.25) is 0 Å². The molecule has 1 N–H and O–H groups in total. The standard InChI is InChI=1S/C14H12ClF3N2/c1-9-12(6-7-13(15)20-9)19-8-10-4-2-3-5-11(10)14(16,17)18/h2-7,19H,8H2,1H3. The van der Waals surface area contributed by atoms with E-state index in [0.717, 1.165) is 6.07 Å². The van der Waals surface area contributed by atoms with Gasteiger partial charge in [0.15, 0.2) is 0 Å². The van der Waals surface area contributed by atoms with E-state index in [2.05, 4.69) is 10.3 Å². The maximum atomic E-state index is 12.8. The first-order valence-electron chi connectivity index (χ1n) is 5.90. The first kappa shape index (κ1) is 14.7. The lowest BCUT2D eigenvalue weighted by atomic mass is 10.1. The highest BCUT2D eigenvalue weighted by molar-refractivity contribution is 6.29. The van der Waals surface area contributed by atoms with Crippen molar-refractivity contribution in [2.24, 2.45) is 0 Å². The fraction of sp³-hybridized carbons (Fsp3) is 0.214. The van der Waals surface area contributed by atoms with Crippen LogP contribution in [0.5, 0.6) is 0 Å². The molecule has 0 aliphatic carbocycles. The average Bonchev–Trinajstić information content (AvgIpc) is 2.37. The number of nitrogens with one attached hydrogen (secondary N) is 1. The normalized spacial score (nSPS) is 11.4. The van der Waals surface area contributed by atoms with Gasteiger partial charge in [0.05, 0.1) is 16.9 Å². The summed E-state index contributed by atoms with van der Waals surface area (Å²) < 4.78 is 38.5. The number of hydrogen-bond donors (Lipinski definition) is 1. The number of anilines is 1. The molecule has 0 aliphatic rings. The largest absolute Gasteiger partial charge is 0.416 e. The number of nitrogens with zero attached hydrogens (tertiary/aromatic N) is 1. The molecule has 2 rings (SSSR count). The molecule has 1 aromatic heterocycles. The van der Waals surface area contributed by atoms with E-state index in [-0.39, 0.29) is 12.1 Å². The molecule has 106 valence electrons. The van der Waals surface area contributed by atoms with Crippen LogP contribution in [0.3, 0.4) is 0 Å². The van der Waals surface area contributed by atoms with E-state index in [4.69, 9.17) is 11.6 Å². The van der Waals surface area contributed by atoms with Crippen LogP contribution in [0.2, 0.25) is 5.15 Å². The molecule has 1 aromatic carbocycles. The van der Waals surface area contributed by atoms with Gasteiger partial charge in [-0.2, -0.15) is 13.2 Å². The van der Waals surface area contributed by atoms with E-state index in [1.807, 2.05) is 0 Å². The van der Waals surface area contributed by atoms with Crippen LogP contribution in [0, 0.1) is 6.92 Å². The zero-order valence-electron chi connectivity index (χ0n) is 10.6. The second-order valence-electron chi connectivity index (χ2n) is 4.28. The zero-order valence-corrected chi connectivity index (χ0v) is 11.4. The van der Waals surface area contributed by atoms with Crippen LogP contribution in [0.25, 0.3) is 0 Å². The number of aryl methyl sites for hydroxylation is 1. The van der Waals surface area contributed by atoms with Crippen molar-refractivity contribution in [1.29, 1.82) is 0 Å². The molecule has 2 nitrogen and oxygen atoms in total. The highest BCUT2D eigenvalue weighted by Crippen LogP contribution is 2.32. The average molecular weight is 301 g/mol. The SMILES string of the molecule is Cc1nc(Cl)ccc1NCc1ccccc1C(F)(F)F. The maximum absolute atomic E-state index is 12.8. The quantitative estimate of drug-likeness (QED) is 0.833. The topological polar surface area (TPSA) is 24.9 Å². The lowest BCUT2D eigenvalue weighted by Crippen LogP contribution is -2.12. The van der Waals surface area contributed by atoms with Gasteiger partial charge in [-0.05, 0) is 30.7 Å². The smallest absolute Gasteiger partial charge is 0.379 e. The van der Waals surface area contributed by atoms with Gasteiger partial charge in [-0.3, -0.25) is 0 Å². The van der Waals surface area contributed by atoms with Crippen molar-refractivity contribution in [2.75, 3.05) is 5.32 Å². The highest BCUT2D eigenvalue weighted by Gasteiger charge is 2.32. The fourth-order valence-electron chi connectivity index (χ4n) is 1.86. The zero-order chi connectivity index (χ0) is 14.8.